The van der Waals surface area contributed by atoms with Gasteiger partial charge in [0.05, 0.1) is 6.04 Å². The molecule has 17 heavy (non-hydrogen) atoms. The summed E-state index contributed by atoms with van der Waals surface area (Å²) in [6.45, 7) is 5.08. The monoisotopic (exact) mass is 252 g/mol. The van der Waals surface area contributed by atoms with Crippen LogP contribution in [0.15, 0.2) is 6.20 Å². The number of nitrogens with zero attached hydrogens (tertiary/aromatic N) is 3. The maximum Gasteiger partial charge on any atom is 0.146 e. The maximum atomic E-state index is 5.88. The largest absolute Gasteiger partial charge is 0.324 e. The Kier molecular flexibility index (Phi) is 4.01. The molecule has 0 amide bonds. The summed E-state index contributed by atoms with van der Waals surface area (Å²) in [5.74, 6) is 3.21. The molecule has 1 aromatic heterocycles. The van der Waals surface area contributed by atoms with Crippen LogP contribution in [-0.4, -0.2) is 40.0 Å². The van der Waals surface area contributed by atoms with E-state index in [0.717, 1.165) is 29.4 Å². The molecule has 0 saturated carbocycles. The van der Waals surface area contributed by atoms with Crippen molar-refractivity contribution in [3.63, 3.8) is 0 Å². The van der Waals surface area contributed by atoms with E-state index in [1.54, 1.807) is 0 Å². The van der Waals surface area contributed by atoms with Crippen LogP contribution in [-0.2, 0) is 0 Å². The zero-order chi connectivity index (χ0) is 12.4. The predicted octanol–water partition coefficient (Wildman–Crippen LogP) is 1.52. The lowest BCUT2D eigenvalue weighted by molar-refractivity contribution is 0.264. The van der Waals surface area contributed by atoms with E-state index in [9.17, 15) is 0 Å². The van der Waals surface area contributed by atoms with E-state index in [4.69, 9.17) is 5.73 Å². The molecule has 0 aromatic carbocycles. The zero-order valence-corrected chi connectivity index (χ0v) is 11.5. The molecule has 0 bridgehead atoms. The lowest BCUT2D eigenvalue weighted by atomic mass is 10.1. The number of thioether (sulfide) groups is 1. The van der Waals surface area contributed by atoms with Gasteiger partial charge in [0.25, 0.3) is 0 Å². The second-order valence-electron chi connectivity index (χ2n) is 4.63. The Hall–Kier alpha value is -0.650. The minimum atomic E-state index is 0.00232. The summed E-state index contributed by atoms with van der Waals surface area (Å²) < 4.78 is 0. The van der Waals surface area contributed by atoms with Gasteiger partial charge in [-0.2, -0.15) is 11.8 Å². The molecule has 0 spiro atoms. The second kappa shape index (κ2) is 5.33. The topological polar surface area (TPSA) is 55.0 Å². The van der Waals surface area contributed by atoms with Crippen LogP contribution < -0.4 is 5.73 Å². The average molecular weight is 252 g/mol. The van der Waals surface area contributed by atoms with Crippen LogP contribution in [0.1, 0.15) is 36.1 Å². The predicted molar refractivity (Wildman–Crippen MR) is 72.1 cm³/mol. The Morgan fingerprint density at radius 1 is 1.59 bits per heavy atom. The third-order valence-corrected chi connectivity index (χ3v) is 4.24. The van der Waals surface area contributed by atoms with Gasteiger partial charge in [0.2, 0.25) is 0 Å². The molecule has 1 fully saturated rings. The molecule has 0 radical (unpaired) electrons. The smallest absolute Gasteiger partial charge is 0.146 e. The first-order valence-electron chi connectivity index (χ1n) is 5.96. The molecule has 1 aliphatic rings. The van der Waals surface area contributed by atoms with E-state index in [1.165, 1.54) is 5.75 Å². The van der Waals surface area contributed by atoms with Crippen molar-refractivity contribution >= 4 is 11.8 Å². The number of rotatable bonds is 2. The summed E-state index contributed by atoms with van der Waals surface area (Å²) >= 11 is 1.97. The van der Waals surface area contributed by atoms with Crippen LogP contribution in [0.25, 0.3) is 0 Å². The van der Waals surface area contributed by atoms with E-state index >= 15 is 0 Å². The number of hydrogen-bond donors (Lipinski definition) is 1. The number of nitrogens with two attached hydrogens (primary N) is 1. The van der Waals surface area contributed by atoms with Gasteiger partial charge in [-0.1, -0.05) is 0 Å². The van der Waals surface area contributed by atoms with E-state index in [0.29, 0.717) is 6.04 Å². The minimum absolute atomic E-state index is 0.00232. The van der Waals surface area contributed by atoms with Gasteiger partial charge in [-0.25, -0.2) is 9.97 Å². The van der Waals surface area contributed by atoms with Crippen molar-refractivity contribution in [2.24, 2.45) is 5.73 Å². The van der Waals surface area contributed by atoms with Gasteiger partial charge in [-0.3, -0.25) is 4.90 Å². The minimum Gasteiger partial charge on any atom is -0.324 e. The van der Waals surface area contributed by atoms with Gasteiger partial charge < -0.3 is 5.73 Å². The van der Waals surface area contributed by atoms with Crippen LogP contribution in [0, 0.1) is 6.92 Å². The molecule has 94 valence electrons. The molecule has 0 aliphatic carbocycles. The molecule has 1 unspecified atom stereocenters. The Morgan fingerprint density at radius 2 is 2.35 bits per heavy atom. The summed E-state index contributed by atoms with van der Waals surface area (Å²) in [4.78, 5) is 11.4. The molecule has 2 heterocycles. The highest BCUT2D eigenvalue weighted by Crippen LogP contribution is 2.26. The Labute approximate surface area is 107 Å². The molecule has 2 rings (SSSR count). The third kappa shape index (κ3) is 2.78. The Bertz CT molecular complexity index is 394. The van der Waals surface area contributed by atoms with E-state index in [2.05, 4.69) is 21.9 Å². The number of hydrogen-bond acceptors (Lipinski definition) is 5. The summed E-state index contributed by atoms with van der Waals surface area (Å²) in [5, 5.41) is 0. The summed E-state index contributed by atoms with van der Waals surface area (Å²) in [6.07, 6.45) is 1.88. The van der Waals surface area contributed by atoms with Gasteiger partial charge in [0, 0.05) is 41.5 Å². The molecule has 1 saturated heterocycles. The summed E-state index contributed by atoms with van der Waals surface area (Å²) in [5.41, 5.74) is 7.93. The van der Waals surface area contributed by atoms with Crippen LogP contribution in [0.4, 0.5) is 0 Å². The molecule has 5 heteroatoms. The summed E-state index contributed by atoms with van der Waals surface area (Å²) in [6, 6.07) is 0.345. The van der Waals surface area contributed by atoms with Crippen molar-refractivity contribution < 1.29 is 0 Å². The first-order chi connectivity index (χ1) is 8.09. The molecule has 2 atom stereocenters. The van der Waals surface area contributed by atoms with E-state index in [1.807, 2.05) is 31.8 Å². The molecule has 1 aliphatic heterocycles. The highest BCUT2D eigenvalue weighted by Gasteiger charge is 2.24. The molecular weight excluding hydrogens is 232 g/mol. The highest BCUT2D eigenvalue weighted by molar-refractivity contribution is 7.99. The molecule has 1 aromatic rings. The van der Waals surface area contributed by atoms with Gasteiger partial charge in [-0.15, -0.1) is 0 Å². The lowest BCUT2D eigenvalue weighted by Gasteiger charge is -2.31. The van der Waals surface area contributed by atoms with Gasteiger partial charge in [0.1, 0.15) is 5.82 Å². The van der Waals surface area contributed by atoms with Crippen LogP contribution in [0.3, 0.4) is 0 Å². The third-order valence-electron chi connectivity index (χ3n) is 3.22. The quantitative estimate of drug-likeness (QED) is 0.865. The fourth-order valence-electron chi connectivity index (χ4n) is 2.06. The van der Waals surface area contributed by atoms with Crippen molar-refractivity contribution in [3.8, 4) is 0 Å². The van der Waals surface area contributed by atoms with Crippen molar-refractivity contribution in [1.29, 1.82) is 0 Å². The SMILES string of the molecule is Cc1nc(C2CSCCN2C)ncc1[C@@H](C)N. The fourth-order valence-corrected chi connectivity index (χ4v) is 3.27. The lowest BCUT2D eigenvalue weighted by Crippen LogP contribution is -2.34. The van der Waals surface area contributed by atoms with E-state index < -0.39 is 0 Å². The van der Waals surface area contributed by atoms with Gasteiger partial charge >= 0.3 is 0 Å². The van der Waals surface area contributed by atoms with Crippen molar-refractivity contribution in [1.82, 2.24) is 14.9 Å². The first kappa shape index (κ1) is 12.8. The maximum absolute atomic E-state index is 5.88. The zero-order valence-electron chi connectivity index (χ0n) is 10.7. The van der Waals surface area contributed by atoms with Crippen LogP contribution >= 0.6 is 11.8 Å². The van der Waals surface area contributed by atoms with Crippen LogP contribution in [0.5, 0.6) is 0 Å². The number of aryl methyl sites for hydroxylation is 1. The highest BCUT2D eigenvalue weighted by atomic mass is 32.2. The summed E-state index contributed by atoms with van der Waals surface area (Å²) in [7, 11) is 2.14. The van der Waals surface area contributed by atoms with Gasteiger partial charge in [0.15, 0.2) is 0 Å². The molecule has 2 N–H and O–H groups in total. The Morgan fingerprint density at radius 3 is 2.94 bits per heavy atom. The molecule has 4 nitrogen and oxygen atoms in total. The van der Waals surface area contributed by atoms with Crippen LogP contribution in [0.2, 0.25) is 0 Å². The van der Waals surface area contributed by atoms with Crippen molar-refractivity contribution in [2.75, 3.05) is 25.1 Å². The van der Waals surface area contributed by atoms with E-state index in [-0.39, 0.29) is 6.04 Å². The normalized spacial score (nSPS) is 23.6. The standard InChI is InChI=1S/C12H20N4S/c1-8(13)10-6-14-12(15-9(10)2)11-7-17-5-4-16(11)3/h6,8,11H,4-5,7,13H2,1-3H3/t8-,11?/m1/s1. The molecular formula is C12H20N4S. The van der Waals surface area contributed by atoms with Crippen molar-refractivity contribution in [2.45, 2.75) is 25.9 Å². The van der Waals surface area contributed by atoms with Crippen molar-refractivity contribution in [3.05, 3.63) is 23.3 Å². The first-order valence-corrected chi connectivity index (χ1v) is 7.12. The number of aromatic nitrogens is 2. The Balaban J connectivity index is 2.24. The average Bonchev–Trinajstić information content (AvgIpc) is 2.29. The fraction of sp³-hybridized carbons (Fsp3) is 0.667. The second-order valence-corrected chi connectivity index (χ2v) is 5.78. The van der Waals surface area contributed by atoms with Gasteiger partial charge in [-0.05, 0) is 20.9 Å².